The summed E-state index contributed by atoms with van der Waals surface area (Å²) in [6.07, 6.45) is 1.16. The summed E-state index contributed by atoms with van der Waals surface area (Å²) in [7, 11) is 1.56. The molecule has 0 N–H and O–H groups in total. The maximum Gasteiger partial charge on any atom is 0.513 e. The first-order chi connectivity index (χ1) is 19.3. The van der Waals surface area contributed by atoms with Crippen LogP contribution in [0.2, 0.25) is 0 Å². The summed E-state index contributed by atoms with van der Waals surface area (Å²) in [6.45, 7) is 5.42. The lowest BCUT2D eigenvalue weighted by atomic mass is 10.2. The van der Waals surface area contributed by atoms with Crippen LogP contribution in [-0.4, -0.2) is 44.4 Å². The van der Waals surface area contributed by atoms with E-state index in [1.165, 1.54) is 48.5 Å². The van der Waals surface area contributed by atoms with Gasteiger partial charge in [-0.05, 0) is 92.1 Å². The van der Waals surface area contributed by atoms with E-state index in [4.69, 9.17) is 28.4 Å². The Balaban J connectivity index is 1.44. The Labute approximate surface area is 231 Å². The van der Waals surface area contributed by atoms with E-state index in [0.29, 0.717) is 24.3 Å². The number of esters is 3. The van der Waals surface area contributed by atoms with Crippen LogP contribution < -0.4 is 18.9 Å². The zero-order valence-electron chi connectivity index (χ0n) is 22.0. The molecule has 3 aromatic rings. The highest BCUT2D eigenvalue weighted by atomic mass is 16.7. The molecular formula is C30H28O10. The molecule has 0 aliphatic heterocycles. The van der Waals surface area contributed by atoms with E-state index in [1.807, 2.05) is 6.92 Å². The maximum atomic E-state index is 12.5. The van der Waals surface area contributed by atoms with Gasteiger partial charge >= 0.3 is 24.1 Å². The number of unbranched alkanes of at least 4 members (excludes halogenated alkanes) is 1. The van der Waals surface area contributed by atoms with Gasteiger partial charge in [-0.15, -0.1) is 0 Å². The van der Waals surface area contributed by atoms with Crippen LogP contribution in [0.15, 0.2) is 79.4 Å². The second-order valence-electron chi connectivity index (χ2n) is 8.24. The molecule has 0 radical (unpaired) electrons. The predicted octanol–water partition coefficient (Wildman–Crippen LogP) is 5.47. The zero-order valence-corrected chi connectivity index (χ0v) is 22.0. The predicted molar refractivity (Wildman–Crippen MR) is 143 cm³/mol. The quantitative estimate of drug-likeness (QED) is 0.0946. The van der Waals surface area contributed by atoms with Gasteiger partial charge in [0.2, 0.25) is 0 Å². The maximum absolute atomic E-state index is 12.5. The van der Waals surface area contributed by atoms with Crippen LogP contribution in [0.3, 0.4) is 0 Å². The number of hydrogen-bond donors (Lipinski definition) is 0. The van der Waals surface area contributed by atoms with Crippen LogP contribution in [0.25, 0.3) is 0 Å². The molecule has 10 heteroatoms. The standard InChI is InChI=1S/C30H28O10/c1-4-27(31)36-17-5-6-18-37-30(34)40-24-13-9-21(10-14-24)28(32)38-23-11-7-22(8-12-23)29(33)39-25-15-16-26(35-3)20(2)19-25/h4,7-16,19H,1,5-6,17-18H2,2-3H3. The van der Waals surface area contributed by atoms with Gasteiger partial charge in [-0.25, -0.2) is 19.2 Å². The normalized spacial score (nSPS) is 10.2. The van der Waals surface area contributed by atoms with Crippen LogP contribution in [0, 0.1) is 6.92 Å². The third kappa shape index (κ3) is 9.02. The number of carbonyl (C=O) groups excluding carboxylic acids is 4. The fourth-order valence-electron chi connectivity index (χ4n) is 3.28. The van der Waals surface area contributed by atoms with Gasteiger partial charge in [0.15, 0.2) is 0 Å². The van der Waals surface area contributed by atoms with E-state index < -0.39 is 24.1 Å². The third-order valence-corrected chi connectivity index (χ3v) is 5.34. The fraction of sp³-hybridized carbons (Fsp3) is 0.200. The summed E-state index contributed by atoms with van der Waals surface area (Å²) in [6, 6.07) is 16.7. The van der Waals surface area contributed by atoms with Crippen molar-refractivity contribution < 1.29 is 47.6 Å². The van der Waals surface area contributed by atoms with Gasteiger partial charge in [0.05, 0.1) is 31.5 Å². The molecule has 208 valence electrons. The Hall–Kier alpha value is -5.12. The van der Waals surface area contributed by atoms with Gasteiger partial charge in [0.25, 0.3) is 0 Å². The molecule has 0 fully saturated rings. The van der Waals surface area contributed by atoms with Crippen molar-refractivity contribution >= 4 is 24.1 Å². The minimum Gasteiger partial charge on any atom is -0.496 e. The molecule has 0 bridgehead atoms. The summed E-state index contributed by atoms with van der Waals surface area (Å²) in [5.74, 6) is -0.251. The molecular weight excluding hydrogens is 520 g/mol. The molecule has 0 amide bonds. The number of rotatable bonds is 12. The second kappa shape index (κ2) is 14.7. The molecule has 3 aromatic carbocycles. The van der Waals surface area contributed by atoms with E-state index in [9.17, 15) is 19.2 Å². The molecule has 0 unspecified atom stereocenters. The van der Waals surface area contributed by atoms with Crippen LogP contribution in [0.5, 0.6) is 23.0 Å². The third-order valence-electron chi connectivity index (χ3n) is 5.34. The molecule has 0 aliphatic carbocycles. The van der Waals surface area contributed by atoms with Crippen molar-refractivity contribution in [3.8, 4) is 23.0 Å². The first kappa shape index (κ1) is 29.4. The van der Waals surface area contributed by atoms with Gasteiger partial charge in [0, 0.05) is 6.08 Å². The molecule has 0 aromatic heterocycles. The molecule has 0 aliphatic rings. The summed E-state index contributed by atoms with van der Waals surface area (Å²) in [5.41, 5.74) is 1.32. The van der Waals surface area contributed by atoms with Gasteiger partial charge in [-0.1, -0.05) is 6.58 Å². The SMILES string of the molecule is C=CC(=O)OCCCCOC(=O)Oc1ccc(C(=O)Oc2ccc(C(=O)Oc3ccc(OC)c(C)c3)cc2)cc1. The number of carbonyl (C=O) groups is 4. The van der Waals surface area contributed by atoms with Gasteiger partial charge < -0.3 is 28.4 Å². The Morgan fingerprint density at radius 1 is 0.700 bits per heavy atom. The molecule has 0 saturated heterocycles. The van der Waals surface area contributed by atoms with Crippen molar-refractivity contribution in [1.82, 2.24) is 0 Å². The first-order valence-corrected chi connectivity index (χ1v) is 12.2. The van der Waals surface area contributed by atoms with Crippen LogP contribution in [0.4, 0.5) is 4.79 Å². The Morgan fingerprint density at radius 3 is 1.73 bits per heavy atom. The van der Waals surface area contributed by atoms with Crippen LogP contribution >= 0.6 is 0 Å². The number of ether oxygens (including phenoxy) is 6. The van der Waals surface area contributed by atoms with Crippen molar-refractivity contribution in [2.45, 2.75) is 19.8 Å². The highest BCUT2D eigenvalue weighted by Crippen LogP contribution is 2.24. The molecule has 0 heterocycles. The Kier molecular flexibility index (Phi) is 10.8. The molecule has 10 nitrogen and oxygen atoms in total. The topological polar surface area (TPSA) is 124 Å². The minimum atomic E-state index is -0.904. The van der Waals surface area contributed by atoms with E-state index in [0.717, 1.165) is 11.6 Å². The van der Waals surface area contributed by atoms with Crippen LogP contribution in [0.1, 0.15) is 39.1 Å². The second-order valence-corrected chi connectivity index (χ2v) is 8.24. The average Bonchev–Trinajstić information content (AvgIpc) is 2.95. The number of hydrogen-bond acceptors (Lipinski definition) is 10. The lowest BCUT2D eigenvalue weighted by Crippen LogP contribution is -2.13. The van der Waals surface area contributed by atoms with Crippen molar-refractivity contribution in [2.24, 2.45) is 0 Å². The van der Waals surface area contributed by atoms with Crippen molar-refractivity contribution in [1.29, 1.82) is 0 Å². The molecule has 0 saturated carbocycles. The summed E-state index contributed by atoms with van der Waals surface area (Å²) in [4.78, 5) is 47.7. The molecule has 3 rings (SSSR count). The number of methoxy groups -OCH3 is 1. The highest BCUT2D eigenvalue weighted by Gasteiger charge is 2.13. The monoisotopic (exact) mass is 548 g/mol. The lowest BCUT2D eigenvalue weighted by Gasteiger charge is -2.09. The smallest absolute Gasteiger partial charge is 0.496 e. The van der Waals surface area contributed by atoms with Gasteiger partial charge in [-0.3, -0.25) is 0 Å². The average molecular weight is 549 g/mol. The number of aryl methyl sites for hydroxylation is 1. The van der Waals surface area contributed by atoms with Crippen LogP contribution in [-0.2, 0) is 14.3 Å². The van der Waals surface area contributed by atoms with Crippen molar-refractivity contribution in [2.75, 3.05) is 20.3 Å². The van der Waals surface area contributed by atoms with E-state index in [2.05, 4.69) is 6.58 Å². The molecule has 0 spiro atoms. The first-order valence-electron chi connectivity index (χ1n) is 12.2. The fourth-order valence-corrected chi connectivity index (χ4v) is 3.28. The highest BCUT2D eigenvalue weighted by molar-refractivity contribution is 5.92. The molecule has 40 heavy (non-hydrogen) atoms. The molecule has 0 atom stereocenters. The minimum absolute atomic E-state index is 0.0898. The zero-order chi connectivity index (χ0) is 28.9. The van der Waals surface area contributed by atoms with Crippen molar-refractivity contribution in [3.05, 3.63) is 96.1 Å². The summed E-state index contributed by atoms with van der Waals surface area (Å²) in [5, 5.41) is 0. The Bertz CT molecular complexity index is 1340. The largest absolute Gasteiger partial charge is 0.513 e. The number of benzene rings is 3. The van der Waals surface area contributed by atoms with E-state index in [1.54, 1.807) is 25.3 Å². The van der Waals surface area contributed by atoms with Gasteiger partial charge in [0.1, 0.15) is 23.0 Å². The lowest BCUT2D eigenvalue weighted by molar-refractivity contribution is -0.137. The van der Waals surface area contributed by atoms with E-state index >= 15 is 0 Å². The summed E-state index contributed by atoms with van der Waals surface area (Å²) < 4.78 is 30.8. The van der Waals surface area contributed by atoms with E-state index in [-0.39, 0.29) is 35.8 Å². The van der Waals surface area contributed by atoms with Crippen molar-refractivity contribution in [3.63, 3.8) is 0 Å². The Morgan fingerprint density at radius 2 is 1.20 bits per heavy atom. The summed E-state index contributed by atoms with van der Waals surface area (Å²) >= 11 is 0. The van der Waals surface area contributed by atoms with Gasteiger partial charge in [-0.2, -0.15) is 0 Å².